The molecule has 2 aromatic carbocycles. The lowest BCUT2D eigenvalue weighted by atomic mass is 9.92. The van der Waals surface area contributed by atoms with Crippen LogP contribution < -0.4 is 4.74 Å². The van der Waals surface area contributed by atoms with Gasteiger partial charge < -0.3 is 34.6 Å². The van der Waals surface area contributed by atoms with Gasteiger partial charge in [0.15, 0.2) is 6.29 Å². The standard InChI is InChI=1S/C22H27ClO7/c1-2-28-16-6-3-13(4-7-16)11-15-12-14(5-8-17(15)23)21-19(26)18(25)20(27)22(30-21)29-10-9-24/h3-8,12,18-22,24-27H,2,9-11H2,1H3/t18-,19-,20+,21+,22+/m1/s1. The average Bonchev–Trinajstić information content (AvgIpc) is 2.75. The molecule has 30 heavy (non-hydrogen) atoms. The number of halogens is 1. The number of rotatable bonds is 8. The second-order valence-corrected chi connectivity index (χ2v) is 7.50. The van der Waals surface area contributed by atoms with Crippen molar-refractivity contribution in [2.45, 2.75) is 44.1 Å². The molecule has 0 aromatic heterocycles. The third kappa shape index (κ3) is 5.31. The van der Waals surface area contributed by atoms with Gasteiger partial charge in [0.2, 0.25) is 0 Å². The fourth-order valence-corrected chi connectivity index (χ4v) is 3.61. The highest BCUT2D eigenvalue weighted by Crippen LogP contribution is 2.35. The van der Waals surface area contributed by atoms with Gasteiger partial charge in [0, 0.05) is 5.02 Å². The summed E-state index contributed by atoms with van der Waals surface area (Å²) in [7, 11) is 0. The molecule has 0 unspecified atom stereocenters. The molecular weight excluding hydrogens is 412 g/mol. The molecule has 8 heteroatoms. The third-order valence-corrected chi connectivity index (χ3v) is 5.34. The molecule has 1 heterocycles. The minimum atomic E-state index is -1.46. The second kappa shape index (κ2) is 10.5. The Hall–Kier alpha value is -1.71. The van der Waals surface area contributed by atoms with Crippen LogP contribution in [0.3, 0.4) is 0 Å². The smallest absolute Gasteiger partial charge is 0.187 e. The van der Waals surface area contributed by atoms with Gasteiger partial charge in [-0.1, -0.05) is 35.9 Å². The van der Waals surface area contributed by atoms with Crippen LogP contribution >= 0.6 is 11.6 Å². The van der Waals surface area contributed by atoms with Crippen LogP contribution in [0.1, 0.15) is 29.7 Å². The molecule has 0 saturated carbocycles. The van der Waals surface area contributed by atoms with Crippen LogP contribution in [0.5, 0.6) is 5.75 Å². The van der Waals surface area contributed by atoms with Crippen molar-refractivity contribution in [3.05, 3.63) is 64.2 Å². The van der Waals surface area contributed by atoms with Crippen LogP contribution in [0, 0.1) is 0 Å². The molecule has 0 aliphatic carbocycles. The minimum absolute atomic E-state index is 0.0686. The van der Waals surface area contributed by atoms with Crippen LogP contribution in [-0.2, 0) is 15.9 Å². The molecule has 7 nitrogen and oxygen atoms in total. The zero-order valence-corrected chi connectivity index (χ0v) is 17.4. The Morgan fingerprint density at radius 1 is 1.00 bits per heavy atom. The quantitative estimate of drug-likeness (QED) is 0.497. The predicted molar refractivity (Wildman–Crippen MR) is 111 cm³/mol. The molecule has 5 atom stereocenters. The molecule has 0 radical (unpaired) electrons. The van der Waals surface area contributed by atoms with Gasteiger partial charge in [0.1, 0.15) is 30.2 Å². The number of hydrogen-bond acceptors (Lipinski definition) is 7. The largest absolute Gasteiger partial charge is 0.494 e. The summed E-state index contributed by atoms with van der Waals surface area (Å²) in [5.41, 5.74) is 2.45. The normalized spacial score (nSPS) is 26.5. The fourth-order valence-electron chi connectivity index (χ4n) is 3.43. The van der Waals surface area contributed by atoms with Crippen LogP contribution in [0.4, 0.5) is 0 Å². The summed E-state index contributed by atoms with van der Waals surface area (Å²) in [5.74, 6) is 0.793. The molecule has 0 amide bonds. The summed E-state index contributed by atoms with van der Waals surface area (Å²) in [6.07, 6.45) is -5.80. The van der Waals surface area contributed by atoms with Crippen molar-refractivity contribution in [2.24, 2.45) is 0 Å². The Balaban J connectivity index is 1.80. The number of aliphatic hydroxyl groups is 4. The topological polar surface area (TPSA) is 109 Å². The maximum atomic E-state index is 10.4. The fraction of sp³-hybridized carbons (Fsp3) is 0.455. The number of ether oxygens (including phenoxy) is 3. The van der Waals surface area contributed by atoms with Crippen molar-refractivity contribution in [2.75, 3.05) is 19.8 Å². The first-order valence-corrected chi connectivity index (χ1v) is 10.2. The van der Waals surface area contributed by atoms with Gasteiger partial charge >= 0.3 is 0 Å². The van der Waals surface area contributed by atoms with Crippen molar-refractivity contribution < 1.29 is 34.6 Å². The summed E-state index contributed by atoms with van der Waals surface area (Å²) >= 11 is 6.38. The lowest BCUT2D eigenvalue weighted by molar-refractivity contribution is -0.300. The summed E-state index contributed by atoms with van der Waals surface area (Å²) in [4.78, 5) is 0. The van der Waals surface area contributed by atoms with E-state index in [9.17, 15) is 15.3 Å². The number of aliphatic hydroxyl groups excluding tert-OH is 4. The number of hydrogen-bond donors (Lipinski definition) is 4. The summed E-state index contributed by atoms with van der Waals surface area (Å²) in [6.45, 7) is 2.20. The highest BCUT2D eigenvalue weighted by molar-refractivity contribution is 6.31. The van der Waals surface area contributed by atoms with Gasteiger partial charge in [0.05, 0.1) is 19.8 Å². The Labute approximate surface area is 180 Å². The van der Waals surface area contributed by atoms with E-state index in [1.54, 1.807) is 18.2 Å². The predicted octanol–water partition coefficient (Wildman–Crippen LogP) is 1.82. The molecule has 1 aliphatic heterocycles. The van der Waals surface area contributed by atoms with E-state index in [-0.39, 0.29) is 13.2 Å². The Kier molecular flexibility index (Phi) is 8.07. The third-order valence-electron chi connectivity index (χ3n) is 4.97. The molecule has 0 bridgehead atoms. The Morgan fingerprint density at radius 2 is 1.73 bits per heavy atom. The molecular formula is C22H27ClO7. The van der Waals surface area contributed by atoms with Gasteiger partial charge in [-0.3, -0.25) is 0 Å². The summed E-state index contributed by atoms with van der Waals surface area (Å²) in [6, 6.07) is 12.9. The first-order chi connectivity index (χ1) is 14.4. The van der Waals surface area contributed by atoms with Crippen molar-refractivity contribution in [1.29, 1.82) is 0 Å². The maximum Gasteiger partial charge on any atom is 0.187 e. The molecule has 164 valence electrons. The molecule has 3 rings (SSSR count). The van der Waals surface area contributed by atoms with Crippen LogP contribution in [0.15, 0.2) is 42.5 Å². The van der Waals surface area contributed by atoms with E-state index in [0.717, 1.165) is 16.9 Å². The molecule has 4 N–H and O–H groups in total. The Bertz CT molecular complexity index is 814. The van der Waals surface area contributed by atoms with Crippen molar-refractivity contribution in [1.82, 2.24) is 0 Å². The first-order valence-electron chi connectivity index (χ1n) is 9.86. The molecule has 1 fully saturated rings. The highest BCUT2D eigenvalue weighted by atomic mass is 35.5. The van der Waals surface area contributed by atoms with Gasteiger partial charge in [-0.15, -0.1) is 0 Å². The molecule has 0 spiro atoms. The van der Waals surface area contributed by atoms with Gasteiger partial charge in [-0.2, -0.15) is 0 Å². The van der Waals surface area contributed by atoms with Crippen LogP contribution in [0.25, 0.3) is 0 Å². The average molecular weight is 439 g/mol. The van der Waals surface area contributed by atoms with E-state index in [1.165, 1.54) is 0 Å². The van der Waals surface area contributed by atoms with Crippen molar-refractivity contribution >= 4 is 11.6 Å². The second-order valence-electron chi connectivity index (χ2n) is 7.10. The van der Waals surface area contributed by atoms with Crippen molar-refractivity contribution in [3.8, 4) is 5.75 Å². The summed E-state index contributed by atoms with van der Waals surface area (Å²) in [5, 5.41) is 40.2. The zero-order chi connectivity index (χ0) is 21.7. The van der Waals surface area contributed by atoms with E-state index < -0.39 is 30.7 Å². The van der Waals surface area contributed by atoms with Gasteiger partial charge in [0.25, 0.3) is 0 Å². The monoisotopic (exact) mass is 438 g/mol. The van der Waals surface area contributed by atoms with E-state index >= 15 is 0 Å². The van der Waals surface area contributed by atoms with E-state index in [0.29, 0.717) is 23.6 Å². The van der Waals surface area contributed by atoms with E-state index in [2.05, 4.69) is 0 Å². The molecule has 2 aromatic rings. The van der Waals surface area contributed by atoms with Crippen molar-refractivity contribution in [3.63, 3.8) is 0 Å². The van der Waals surface area contributed by atoms with E-state index in [4.69, 9.17) is 30.9 Å². The highest BCUT2D eigenvalue weighted by Gasteiger charge is 2.44. The lowest BCUT2D eigenvalue weighted by Gasteiger charge is -2.40. The zero-order valence-electron chi connectivity index (χ0n) is 16.6. The first kappa shape index (κ1) is 23.0. The number of benzene rings is 2. The maximum absolute atomic E-state index is 10.4. The SMILES string of the molecule is CCOc1ccc(Cc2cc([C@@H]3O[C@H](OCCO)[C@@H](O)[C@H](O)[C@H]3O)ccc2Cl)cc1. The van der Waals surface area contributed by atoms with E-state index in [1.807, 2.05) is 31.2 Å². The molecule has 1 aliphatic rings. The van der Waals surface area contributed by atoms with Gasteiger partial charge in [-0.25, -0.2) is 0 Å². The minimum Gasteiger partial charge on any atom is -0.494 e. The molecule has 1 saturated heterocycles. The van der Waals surface area contributed by atoms with Crippen LogP contribution in [0.2, 0.25) is 5.02 Å². The van der Waals surface area contributed by atoms with Crippen LogP contribution in [-0.4, -0.2) is 64.8 Å². The lowest BCUT2D eigenvalue weighted by Crippen LogP contribution is -2.55. The summed E-state index contributed by atoms with van der Waals surface area (Å²) < 4.78 is 16.4. The Morgan fingerprint density at radius 3 is 2.40 bits per heavy atom. The van der Waals surface area contributed by atoms with Gasteiger partial charge in [-0.05, 0) is 48.2 Å².